The van der Waals surface area contributed by atoms with Gasteiger partial charge < -0.3 is 0 Å². The lowest BCUT2D eigenvalue weighted by Gasteiger charge is -2.01. The van der Waals surface area contributed by atoms with Crippen molar-refractivity contribution in [2.75, 3.05) is 0 Å². The van der Waals surface area contributed by atoms with Crippen LogP contribution in [0.3, 0.4) is 0 Å². The molecule has 3 heterocycles. The minimum absolute atomic E-state index is 0.489. The summed E-state index contributed by atoms with van der Waals surface area (Å²) in [5, 5.41) is 13.3. The van der Waals surface area contributed by atoms with Gasteiger partial charge in [0.05, 0.1) is 28.2 Å². The van der Waals surface area contributed by atoms with E-state index in [9.17, 15) is 5.26 Å². The minimum atomic E-state index is 0.489. The number of hydrogen-bond acceptors (Lipinski definition) is 5. The lowest BCUT2D eigenvalue weighted by molar-refractivity contribution is 1.28. The Hall–Kier alpha value is -3.36. The zero-order valence-corrected chi connectivity index (χ0v) is 13.9. The van der Waals surface area contributed by atoms with Crippen LogP contribution in [0.4, 0.5) is 0 Å². The van der Waals surface area contributed by atoms with E-state index in [4.69, 9.17) is 0 Å². The molecule has 0 unspecified atom stereocenters. The first-order valence-electron chi connectivity index (χ1n) is 7.68. The quantitative estimate of drug-likeness (QED) is 0.502. The van der Waals surface area contributed by atoms with Crippen LogP contribution in [0.1, 0.15) is 11.4 Å². The van der Waals surface area contributed by atoms with Crippen LogP contribution in [0.5, 0.6) is 0 Å². The van der Waals surface area contributed by atoms with Gasteiger partial charge in [0, 0.05) is 17.0 Å². The van der Waals surface area contributed by atoms with Crippen LogP contribution in [-0.2, 0) is 0 Å². The Bertz CT molecular complexity index is 1110. The zero-order chi connectivity index (χ0) is 17.1. The van der Waals surface area contributed by atoms with Crippen LogP contribution in [0, 0.1) is 11.3 Å². The smallest absolute Gasteiger partial charge is 0.142 e. The summed E-state index contributed by atoms with van der Waals surface area (Å²) < 4.78 is 0. The number of thiazole rings is 1. The third-order valence-corrected chi connectivity index (χ3v) is 4.58. The molecular weight excluding hydrogens is 328 g/mol. The molecule has 0 fully saturated rings. The van der Waals surface area contributed by atoms with E-state index < -0.39 is 0 Å². The Balaban J connectivity index is 1.71. The second-order valence-electron chi connectivity index (χ2n) is 5.35. The van der Waals surface area contributed by atoms with Crippen molar-refractivity contribution in [1.82, 2.24) is 15.0 Å². The monoisotopic (exact) mass is 340 g/mol. The molecule has 4 aromatic rings. The fourth-order valence-corrected chi connectivity index (χ4v) is 3.24. The van der Waals surface area contributed by atoms with Crippen LogP contribution in [0.15, 0.2) is 66.2 Å². The van der Waals surface area contributed by atoms with Gasteiger partial charge in [-0.1, -0.05) is 30.3 Å². The lowest BCUT2D eigenvalue weighted by atomic mass is 10.1. The van der Waals surface area contributed by atoms with Gasteiger partial charge in [-0.15, -0.1) is 11.3 Å². The maximum atomic E-state index is 9.54. The Morgan fingerprint density at radius 1 is 1.00 bits per heavy atom. The largest absolute Gasteiger partial charge is 0.254 e. The van der Waals surface area contributed by atoms with Crippen molar-refractivity contribution in [1.29, 1.82) is 5.26 Å². The molecule has 0 aliphatic carbocycles. The highest BCUT2D eigenvalue weighted by Gasteiger charge is 2.08. The molecule has 0 saturated carbocycles. The molecule has 0 N–H and O–H groups in total. The summed E-state index contributed by atoms with van der Waals surface area (Å²) in [5.74, 6) is 0. The van der Waals surface area contributed by atoms with E-state index in [2.05, 4.69) is 21.0 Å². The number of rotatable bonds is 3. The van der Waals surface area contributed by atoms with Gasteiger partial charge in [-0.3, -0.25) is 4.98 Å². The third kappa shape index (κ3) is 3.16. The molecule has 118 valence electrons. The Morgan fingerprint density at radius 2 is 1.88 bits per heavy atom. The van der Waals surface area contributed by atoms with Crippen molar-refractivity contribution in [2.45, 2.75) is 0 Å². The van der Waals surface area contributed by atoms with Crippen molar-refractivity contribution < 1.29 is 0 Å². The summed E-state index contributed by atoms with van der Waals surface area (Å²) in [7, 11) is 0. The molecule has 4 rings (SSSR count). The molecule has 4 nitrogen and oxygen atoms in total. The van der Waals surface area contributed by atoms with Crippen molar-refractivity contribution in [2.24, 2.45) is 0 Å². The fraction of sp³-hybridized carbons (Fsp3) is 0. The maximum Gasteiger partial charge on any atom is 0.142 e. The molecule has 1 aromatic carbocycles. The van der Waals surface area contributed by atoms with Crippen molar-refractivity contribution in [3.63, 3.8) is 0 Å². The standard InChI is InChI=1S/C20H12N4S/c21-12-15(18-9-8-14-5-1-2-6-17(14)24-18)11-16-13-25-20(23-16)19-7-3-4-10-22-19/h1-11,13H. The summed E-state index contributed by atoms with van der Waals surface area (Å²) in [6, 6.07) is 19.6. The number of hydrogen-bond donors (Lipinski definition) is 0. The molecule has 0 saturated heterocycles. The maximum absolute atomic E-state index is 9.54. The molecule has 0 spiro atoms. The van der Waals surface area contributed by atoms with E-state index in [1.807, 2.05) is 60.0 Å². The predicted molar refractivity (Wildman–Crippen MR) is 101 cm³/mol. The Kier molecular flexibility index (Phi) is 4.03. The predicted octanol–water partition coefficient (Wildman–Crippen LogP) is 4.82. The van der Waals surface area contributed by atoms with Crippen molar-refractivity contribution in [3.8, 4) is 16.8 Å². The van der Waals surface area contributed by atoms with Crippen LogP contribution < -0.4 is 0 Å². The minimum Gasteiger partial charge on any atom is -0.254 e. The highest BCUT2D eigenvalue weighted by Crippen LogP contribution is 2.24. The molecule has 0 radical (unpaired) electrons. The van der Waals surface area contributed by atoms with Crippen LogP contribution in [-0.4, -0.2) is 15.0 Å². The van der Waals surface area contributed by atoms with E-state index in [1.165, 1.54) is 11.3 Å². The molecule has 0 bridgehead atoms. The summed E-state index contributed by atoms with van der Waals surface area (Å²) in [4.78, 5) is 13.4. The van der Waals surface area contributed by atoms with E-state index >= 15 is 0 Å². The number of allylic oxidation sites excluding steroid dienone is 1. The van der Waals surface area contributed by atoms with Gasteiger partial charge >= 0.3 is 0 Å². The number of fused-ring (bicyclic) bond motifs is 1. The molecule has 0 amide bonds. The van der Waals surface area contributed by atoms with E-state index in [0.717, 1.165) is 27.3 Å². The summed E-state index contributed by atoms with van der Waals surface area (Å²) in [6.07, 6.45) is 3.51. The molecule has 3 aromatic heterocycles. The highest BCUT2D eigenvalue weighted by atomic mass is 32.1. The Morgan fingerprint density at radius 3 is 2.72 bits per heavy atom. The number of pyridine rings is 2. The van der Waals surface area contributed by atoms with Gasteiger partial charge in [0.15, 0.2) is 0 Å². The van der Waals surface area contributed by atoms with Gasteiger partial charge in [0.25, 0.3) is 0 Å². The number of aromatic nitrogens is 3. The molecule has 25 heavy (non-hydrogen) atoms. The first-order chi connectivity index (χ1) is 12.3. The van der Waals surface area contributed by atoms with Gasteiger partial charge in [0.2, 0.25) is 0 Å². The average Bonchev–Trinajstić information content (AvgIpc) is 3.15. The van der Waals surface area contributed by atoms with E-state index in [-0.39, 0.29) is 0 Å². The molecule has 0 aliphatic heterocycles. The number of para-hydroxylation sites is 1. The molecule has 5 heteroatoms. The first kappa shape index (κ1) is 15.2. The summed E-state index contributed by atoms with van der Waals surface area (Å²) >= 11 is 1.50. The van der Waals surface area contributed by atoms with E-state index in [0.29, 0.717) is 11.3 Å². The van der Waals surface area contributed by atoms with Gasteiger partial charge in [-0.25, -0.2) is 9.97 Å². The highest BCUT2D eigenvalue weighted by molar-refractivity contribution is 7.13. The second-order valence-corrected chi connectivity index (χ2v) is 6.21. The van der Waals surface area contributed by atoms with Crippen LogP contribution in [0.2, 0.25) is 0 Å². The number of nitriles is 1. The second kappa shape index (κ2) is 6.63. The number of nitrogens with zero attached hydrogens (tertiary/aromatic N) is 4. The SMILES string of the molecule is N#CC(=Cc1csc(-c2ccccn2)n1)c1ccc2ccccc2n1. The molecular formula is C20H12N4S. The topological polar surface area (TPSA) is 62.5 Å². The van der Waals surface area contributed by atoms with Gasteiger partial charge in [0.1, 0.15) is 11.1 Å². The third-order valence-electron chi connectivity index (χ3n) is 3.69. The number of benzene rings is 1. The van der Waals surface area contributed by atoms with Gasteiger partial charge in [-0.05, 0) is 30.3 Å². The Labute approximate surface area is 148 Å². The van der Waals surface area contributed by atoms with Crippen LogP contribution >= 0.6 is 11.3 Å². The average molecular weight is 340 g/mol. The van der Waals surface area contributed by atoms with Gasteiger partial charge in [-0.2, -0.15) is 5.26 Å². The van der Waals surface area contributed by atoms with Crippen LogP contribution in [0.25, 0.3) is 33.3 Å². The normalized spacial score (nSPS) is 11.4. The zero-order valence-electron chi connectivity index (χ0n) is 13.1. The molecule has 0 aliphatic rings. The lowest BCUT2D eigenvalue weighted by Crippen LogP contribution is -1.89. The van der Waals surface area contributed by atoms with E-state index in [1.54, 1.807) is 12.3 Å². The molecule has 0 atom stereocenters. The fourth-order valence-electron chi connectivity index (χ4n) is 2.49. The summed E-state index contributed by atoms with van der Waals surface area (Å²) in [6.45, 7) is 0. The van der Waals surface area contributed by atoms with Crippen molar-refractivity contribution in [3.05, 3.63) is 77.6 Å². The van der Waals surface area contributed by atoms with Crippen molar-refractivity contribution >= 4 is 33.9 Å². The summed E-state index contributed by atoms with van der Waals surface area (Å²) in [5.41, 5.74) is 3.57. The first-order valence-corrected chi connectivity index (χ1v) is 8.56.